The van der Waals surface area contributed by atoms with Gasteiger partial charge < -0.3 is 15.2 Å². The maximum atomic E-state index is 6.06. The molecule has 0 bridgehead atoms. The molecule has 5 nitrogen and oxygen atoms in total. The Bertz CT molecular complexity index is 884. The first-order valence-electron chi connectivity index (χ1n) is 7.23. The van der Waals surface area contributed by atoms with Crippen molar-refractivity contribution in [3.05, 3.63) is 53.6 Å². The summed E-state index contributed by atoms with van der Waals surface area (Å²) in [5, 5.41) is 0.636. The van der Waals surface area contributed by atoms with Gasteiger partial charge in [0.25, 0.3) is 0 Å². The number of nitrogens with two attached hydrogens (primary N) is 1. The smallest absolute Gasteiger partial charge is 0.221 e. The molecular weight excluding hydrogens is 326 g/mol. The summed E-state index contributed by atoms with van der Waals surface area (Å²) in [6, 6.07) is 14.9. The van der Waals surface area contributed by atoms with Crippen molar-refractivity contribution >= 4 is 17.5 Å². The molecule has 0 aliphatic rings. The Morgan fingerprint density at radius 2 is 1.50 bits per heavy atom. The molecule has 0 fully saturated rings. The van der Waals surface area contributed by atoms with E-state index in [4.69, 9.17) is 26.8 Å². The van der Waals surface area contributed by atoms with E-state index in [1.165, 1.54) is 0 Å². The molecule has 0 amide bonds. The van der Waals surface area contributed by atoms with Crippen LogP contribution in [0.3, 0.4) is 0 Å². The van der Waals surface area contributed by atoms with Crippen LogP contribution in [0.2, 0.25) is 5.02 Å². The molecule has 0 saturated carbocycles. The highest BCUT2D eigenvalue weighted by molar-refractivity contribution is 6.30. The van der Waals surface area contributed by atoms with Crippen molar-refractivity contribution in [2.24, 2.45) is 0 Å². The fourth-order valence-electron chi connectivity index (χ4n) is 2.40. The summed E-state index contributed by atoms with van der Waals surface area (Å²) in [6.45, 7) is 0. The van der Waals surface area contributed by atoms with E-state index < -0.39 is 0 Å². The molecule has 3 aromatic rings. The lowest BCUT2D eigenvalue weighted by Gasteiger charge is -2.10. The first kappa shape index (κ1) is 16.1. The van der Waals surface area contributed by atoms with Crippen molar-refractivity contribution in [3.63, 3.8) is 0 Å². The Hall–Kier alpha value is -2.79. The first-order chi connectivity index (χ1) is 11.6. The molecule has 0 aliphatic carbocycles. The van der Waals surface area contributed by atoms with Gasteiger partial charge in [0.1, 0.15) is 0 Å². The molecule has 122 valence electrons. The van der Waals surface area contributed by atoms with E-state index in [0.29, 0.717) is 27.9 Å². The molecular formula is C18H16ClN3O2. The van der Waals surface area contributed by atoms with Crippen LogP contribution in [0.5, 0.6) is 11.5 Å². The van der Waals surface area contributed by atoms with Crippen molar-refractivity contribution in [3.8, 4) is 34.0 Å². The molecule has 0 atom stereocenters. The van der Waals surface area contributed by atoms with E-state index in [9.17, 15) is 0 Å². The maximum Gasteiger partial charge on any atom is 0.221 e. The van der Waals surface area contributed by atoms with Gasteiger partial charge in [0.2, 0.25) is 5.95 Å². The van der Waals surface area contributed by atoms with E-state index in [2.05, 4.69) is 9.97 Å². The molecule has 1 aromatic heterocycles. The van der Waals surface area contributed by atoms with Crippen molar-refractivity contribution in [1.29, 1.82) is 0 Å². The normalized spacial score (nSPS) is 10.5. The van der Waals surface area contributed by atoms with Gasteiger partial charge in [-0.2, -0.15) is 0 Å². The minimum Gasteiger partial charge on any atom is -0.493 e. The van der Waals surface area contributed by atoms with E-state index in [-0.39, 0.29) is 5.95 Å². The molecule has 0 unspecified atom stereocenters. The van der Waals surface area contributed by atoms with Crippen LogP contribution in [0.25, 0.3) is 22.5 Å². The summed E-state index contributed by atoms with van der Waals surface area (Å²) in [7, 11) is 3.19. The van der Waals surface area contributed by atoms with Gasteiger partial charge in [-0.05, 0) is 36.4 Å². The summed E-state index contributed by atoms with van der Waals surface area (Å²) < 4.78 is 10.6. The molecule has 0 saturated heterocycles. The zero-order valence-corrected chi connectivity index (χ0v) is 14.0. The number of ether oxygens (including phenoxy) is 2. The van der Waals surface area contributed by atoms with Crippen LogP contribution < -0.4 is 15.2 Å². The fraction of sp³-hybridized carbons (Fsp3) is 0.111. The number of methoxy groups -OCH3 is 2. The van der Waals surface area contributed by atoms with Crippen LogP contribution in [0.4, 0.5) is 5.95 Å². The second kappa shape index (κ2) is 6.76. The average Bonchev–Trinajstić information content (AvgIpc) is 2.60. The van der Waals surface area contributed by atoms with Crippen LogP contribution in [-0.4, -0.2) is 24.2 Å². The van der Waals surface area contributed by atoms with Gasteiger partial charge in [0.15, 0.2) is 11.5 Å². The van der Waals surface area contributed by atoms with E-state index in [0.717, 1.165) is 11.1 Å². The molecule has 3 rings (SSSR count). The summed E-state index contributed by atoms with van der Waals surface area (Å²) in [6.07, 6.45) is 0. The highest BCUT2D eigenvalue weighted by Crippen LogP contribution is 2.33. The molecule has 1 heterocycles. The van der Waals surface area contributed by atoms with E-state index >= 15 is 0 Å². The van der Waals surface area contributed by atoms with Gasteiger partial charge in [0.05, 0.1) is 25.6 Å². The van der Waals surface area contributed by atoms with E-state index in [1.54, 1.807) is 14.2 Å². The molecule has 24 heavy (non-hydrogen) atoms. The number of aromatic nitrogens is 2. The molecule has 2 aromatic carbocycles. The first-order valence-corrected chi connectivity index (χ1v) is 7.61. The van der Waals surface area contributed by atoms with Crippen LogP contribution in [0.1, 0.15) is 0 Å². The zero-order valence-electron chi connectivity index (χ0n) is 13.3. The van der Waals surface area contributed by atoms with Gasteiger partial charge in [-0.25, -0.2) is 9.97 Å². The summed E-state index contributed by atoms with van der Waals surface area (Å²) in [5.74, 6) is 1.46. The Kier molecular flexibility index (Phi) is 4.53. The monoisotopic (exact) mass is 341 g/mol. The quantitative estimate of drug-likeness (QED) is 0.774. The van der Waals surface area contributed by atoms with Crippen LogP contribution in [0.15, 0.2) is 48.5 Å². The molecule has 0 radical (unpaired) electrons. The van der Waals surface area contributed by atoms with Crippen LogP contribution >= 0.6 is 11.6 Å². The highest BCUT2D eigenvalue weighted by atomic mass is 35.5. The fourth-order valence-corrected chi connectivity index (χ4v) is 2.60. The Balaban J connectivity index is 2.09. The third kappa shape index (κ3) is 3.26. The number of halogens is 1. The number of hydrogen-bond acceptors (Lipinski definition) is 5. The molecule has 0 aliphatic heterocycles. The van der Waals surface area contributed by atoms with Gasteiger partial charge in [-0.15, -0.1) is 0 Å². The number of anilines is 1. The Morgan fingerprint density at radius 1 is 0.833 bits per heavy atom. The molecule has 0 spiro atoms. The van der Waals surface area contributed by atoms with Crippen LogP contribution in [0, 0.1) is 0 Å². The summed E-state index contributed by atoms with van der Waals surface area (Å²) in [5.41, 5.74) is 9.01. The standard InChI is InChI=1S/C18H16ClN3O2/c1-23-16-7-6-12(9-17(16)24-2)15-10-14(21-18(20)22-15)11-4-3-5-13(19)8-11/h3-10H,1-2H3,(H2,20,21,22). The SMILES string of the molecule is COc1ccc(-c2cc(-c3cccc(Cl)c3)nc(N)n2)cc1OC. The second-order valence-corrected chi connectivity index (χ2v) is 5.51. The minimum absolute atomic E-state index is 0.192. The third-order valence-corrected chi connectivity index (χ3v) is 3.78. The van der Waals surface area contributed by atoms with Crippen molar-refractivity contribution in [1.82, 2.24) is 9.97 Å². The topological polar surface area (TPSA) is 70.3 Å². The summed E-state index contributed by atoms with van der Waals surface area (Å²) in [4.78, 5) is 8.62. The third-order valence-electron chi connectivity index (χ3n) is 3.54. The lowest BCUT2D eigenvalue weighted by atomic mass is 10.1. The minimum atomic E-state index is 0.192. The average molecular weight is 342 g/mol. The largest absolute Gasteiger partial charge is 0.493 e. The van der Waals surface area contributed by atoms with Crippen molar-refractivity contribution < 1.29 is 9.47 Å². The van der Waals surface area contributed by atoms with Gasteiger partial charge in [0, 0.05) is 16.1 Å². The number of rotatable bonds is 4. The van der Waals surface area contributed by atoms with Crippen molar-refractivity contribution in [2.45, 2.75) is 0 Å². The lowest BCUT2D eigenvalue weighted by Crippen LogP contribution is -1.99. The van der Waals surface area contributed by atoms with Crippen molar-refractivity contribution in [2.75, 3.05) is 20.0 Å². The van der Waals surface area contributed by atoms with Gasteiger partial charge >= 0.3 is 0 Å². The number of hydrogen-bond donors (Lipinski definition) is 1. The summed E-state index contributed by atoms with van der Waals surface area (Å²) >= 11 is 6.06. The second-order valence-electron chi connectivity index (χ2n) is 5.08. The molecule has 2 N–H and O–H groups in total. The van der Waals surface area contributed by atoms with E-state index in [1.807, 2.05) is 48.5 Å². The number of benzene rings is 2. The highest BCUT2D eigenvalue weighted by Gasteiger charge is 2.10. The molecule has 6 heteroatoms. The van der Waals surface area contributed by atoms with Crippen LogP contribution in [-0.2, 0) is 0 Å². The van der Waals surface area contributed by atoms with Gasteiger partial charge in [-0.1, -0.05) is 23.7 Å². The zero-order chi connectivity index (χ0) is 17.1. The number of nitrogens with zero attached hydrogens (tertiary/aromatic N) is 2. The Labute approximate surface area is 145 Å². The number of nitrogen functional groups attached to an aromatic ring is 1. The predicted octanol–water partition coefficient (Wildman–Crippen LogP) is 4.06. The lowest BCUT2D eigenvalue weighted by molar-refractivity contribution is 0.355. The van der Waals surface area contributed by atoms with Gasteiger partial charge in [-0.3, -0.25) is 0 Å². The Morgan fingerprint density at radius 3 is 2.12 bits per heavy atom. The maximum absolute atomic E-state index is 6.06. The predicted molar refractivity (Wildman–Crippen MR) is 95.4 cm³/mol.